The summed E-state index contributed by atoms with van der Waals surface area (Å²) in [5.41, 5.74) is -0.390. The molecule has 1 atom stereocenters. The minimum atomic E-state index is -1.83. The summed E-state index contributed by atoms with van der Waals surface area (Å²) in [6.45, 7) is 1.52. The number of aromatic nitrogens is 2. The Morgan fingerprint density at radius 2 is 1.94 bits per heavy atom. The van der Waals surface area contributed by atoms with Crippen LogP contribution in [-0.2, 0) is 11.0 Å². The molecule has 0 fully saturated rings. The van der Waals surface area contributed by atoms with Crippen molar-refractivity contribution in [1.29, 1.82) is 0 Å². The van der Waals surface area contributed by atoms with Gasteiger partial charge in [-0.05, 0) is 55.5 Å². The number of amides is 2. The Hall–Kier alpha value is -3.15. The topological polar surface area (TPSA) is 93.1 Å². The van der Waals surface area contributed by atoms with E-state index in [1.54, 1.807) is 6.07 Å². The summed E-state index contributed by atoms with van der Waals surface area (Å²) in [5, 5.41) is 2.38. The van der Waals surface area contributed by atoms with Crippen molar-refractivity contribution in [2.24, 2.45) is 0 Å². The summed E-state index contributed by atoms with van der Waals surface area (Å²) in [4.78, 5) is 29.2. The van der Waals surface area contributed by atoms with Gasteiger partial charge in [-0.3, -0.25) is 14.1 Å². The molecule has 0 aliphatic heterocycles. The Kier molecular flexibility index (Phi) is 6.04. The third kappa shape index (κ3) is 4.40. The highest BCUT2D eigenvalue weighted by Gasteiger charge is 2.16. The number of nitrogens with zero attached hydrogens (tertiary/aromatic N) is 2. The number of nitrogens with one attached hydrogen (secondary N) is 2. The summed E-state index contributed by atoms with van der Waals surface area (Å²) in [6, 6.07) is 9.49. The zero-order chi connectivity index (χ0) is 23.0. The number of carbonyl (C=O) groups excluding carboxylic acids is 1. The van der Waals surface area contributed by atoms with Crippen LogP contribution in [0, 0.1) is 18.6 Å². The maximum Gasteiger partial charge on any atom is 0.331 e. The Morgan fingerprint density at radius 1 is 1.16 bits per heavy atom. The molecule has 2 heterocycles. The summed E-state index contributed by atoms with van der Waals surface area (Å²) in [7, 11) is -1.83. The zero-order valence-corrected chi connectivity index (χ0v) is 18.6. The van der Waals surface area contributed by atoms with E-state index in [9.17, 15) is 22.6 Å². The van der Waals surface area contributed by atoms with Gasteiger partial charge in [-0.2, -0.15) is 0 Å². The van der Waals surface area contributed by atoms with Crippen molar-refractivity contribution in [3.05, 3.63) is 80.7 Å². The van der Waals surface area contributed by atoms with Crippen molar-refractivity contribution in [2.45, 2.75) is 11.1 Å². The van der Waals surface area contributed by atoms with Crippen molar-refractivity contribution in [2.75, 3.05) is 5.32 Å². The second-order valence-electron chi connectivity index (χ2n) is 6.51. The molecule has 0 saturated carbocycles. The summed E-state index contributed by atoms with van der Waals surface area (Å²) in [6.07, 6.45) is 0. The van der Waals surface area contributed by atoms with Crippen LogP contribution in [0.1, 0.15) is 5.82 Å². The monoisotopic (exact) mass is 494 g/mol. The molecule has 4 rings (SSSR count). The standard InChI is InChI=1S/C20H13ClF2N4O3S2/c1-10-24-15-4-2-11(22)8-13(15)19(28)27(10)16-5-3-12(9-14(16)23)25-20(29)26-32(30)18-7-6-17(21)31-18/h2-9H,1H3,(H2,25,26,29). The van der Waals surface area contributed by atoms with E-state index in [1.165, 1.54) is 37.3 Å². The number of urea groups is 1. The van der Waals surface area contributed by atoms with Crippen molar-refractivity contribution >= 4 is 56.5 Å². The average Bonchev–Trinajstić information content (AvgIpc) is 3.16. The molecule has 2 amide bonds. The SMILES string of the molecule is Cc1nc2ccc(F)cc2c(=O)n1-c1ccc(NC(=O)NS(=O)c2ccc(Cl)s2)cc1F. The van der Waals surface area contributed by atoms with Gasteiger partial charge in [0.15, 0.2) is 11.0 Å². The molecule has 2 N–H and O–H groups in total. The molecular weight excluding hydrogens is 482 g/mol. The largest absolute Gasteiger partial charge is 0.331 e. The quantitative estimate of drug-likeness (QED) is 0.436. The van der Waals surface area contributed by atoms with E-state index in [4.69, 9.17) is 11.6 Å². The van der Waals surface area contributed by atoms with Crippen LogP contribution in [0.3, 0.4) is 0 Å². The average molecular weight is 495 g/mol. The van der Waals surface area contributed by atoms with Crippen LogP contribution in [0.25, 0.3) is 16.6 Å². The van der Waals surface area contributed by atoms with Crippen LogP contribution in [0.2, 0.25) is 4.34 Å². The molecule has 0 spiro atoms. The van der Waals surface area contributed by atoms with Crippen molar-refractivity contribution in [3.63, 3.8) is 0 Å². The number of hydrogen-bond donors (Lipinski definition) is 2. The number of rotatable bonds is 4. The lowest BCUT2D eigenvalue weighted by Crippen LogP contribution is -2.30. The van der Waals surface area contributed by atoms with Gasteiger partial charge in [0.2, 0.25) is 0 Å². The third-order valence-electron chi connectivity index (χ3n) is 4.36. The molecule has 2 aromatic carbocycles. The maximum atomic E-state index is 14.8. The molecule has 7 nitrogen and oxygen atoms in total. The fraction of sp³-hybridized carbons (Fsp3) is 0.0500. The van der Waals surface area contributed by atoms with E-state index >= 15 is 0 Å². The highest BCUT2D eigenvalue weighted by atomic mass is 35.5. The van der Waals surface area contributed by atoms with Crippen molar-refractivity contribution in [3.8, 4) is 5.69 Å². The minimum absolute atomic E-state index is 0.00717. The molecular formula is C20H13ClF2N4O3S2. The van der Waals surface area contributed by atoms with E-state index in [0.29, 0.717) is 14.1 Å². The van der Waals surface area contributed by atoms with E-state index in [0.717, 1.165) is 28.0 Å². The molecule has 0 saturated heterocycles. The van der Waals surface area contributed by atoms with Gasteiger partial charge in [0.05, 0.1) is 20.9 Å². The summed E-state index contributed by atoms with van der Waals surface area (Å²) < 4.78 is 44.6. The Bertz CT molecular complexity index is 1450. The third-order valence-corrected chi connectivity index (χ3v) is 6.96. The number of fused-ring (bicyclic) bond motifs is 1. The fourth-order valence-corrected chi connectivity index (χ4v) is 5.13. The van der Waals surface area contributed by atoms with Crippen LogP contribution in [-0.4, -0.2) is 19.8 Å². The van der Waals surface area contributed by atoms with Crippen molar-refractivity contribution in [1.82, 2.24) is 14.3 Å². The van der Waals surface area contributed by atoms with Crippen LogP contribution in [0.5, 0.6) is 0 Å². The number of aryl methyl sites for hydroxylation is 1. The molecule has 2 aromatic heterocycles. The Balaban J connectivity index is 1.59. The molecule has 32 heavy (non-hydrogen) atoms. The smallest absolute Gasteiger partial charge is 0.307 e. The zero-order valence-electron chi connectivity index (χ0n) is 16.2. The van der Waals surface area contributed by atoms with Gasteiger partial charge >= 0.3 is 6.03 Å². The summed E-state index contributed by atoms with van der Waals surface area (Å²) >= 11 is 6.83. The van der Waals surface area contributed by atoms with Gasteiger partial charge in [-0.15, -0.1) is 11.3 Å². The first-order valence-corrected chi connectivity index (χ1v) is 11.3. The van der Waals surface area contributed by atoms with Gasteiger partial charge in [0, 0.05) is 5.69 Å². The van der Waals surface area contributed by atoms with Crippen LogP contribution in [0.15, 0.2) is 57.5 Å². The lowest BCUT2D eigenvalue weighted by Gasteiger charge is -2.13. The van der Waals surface area contributed by atoms with Crippen LogP contribution in [0.4, 0.5) is 19.3 Å². The molecule has 0 aliphatic rings. The van der Waals surface area contributed by atoms with E-state index in [2.05, 4.69) is 15.0 Å². The second-order valence-corrected chi connectivity index (χ2v) is 9.67. The van der Waals surface area contributed by atoms with Gasteiger partial charge in [0.25, 0.3) is 5.56 Å². The number of halogens is 3. The molecule has 0 bridgehead atoms. The number of benzene rings is 2. The lowest BCUT2D eigenvalue weighted by molar-refractivity contribution is 0.257. The summed E-state index contributed by atoms with van der Waals surface area (Å²) in [5.74, 6) is -1.23. The molecule has 4 aromatic rings. The van der Waals surface area contributed by atoms with Crippen LogP contribution >= 0.6 is 22.9 Å². The first-order chi connectivity index (χ1) is 15.2. The predicted molar refractivity (Wildman–Crippen MR) is 120 cm³/mol. The van der Waals surface area contributed by atoms with Gasteiger partial charge in [-0.25, -0.2) is 22.8 Å². The minimum Gasteiger partial charge on any atom is -0.307 e. The van der Waals surface area contributed by atoms with Gasteiger partial charge < -0.3 is 5.32 Å². The lowest BCUT2D eigenvalue weighted by atomic mass is 10.2. The normalized spacial score (nSPS) is 12.0. The fourth-order valence-electron chi connectivity index (χ4n) is 3.01. The number of carbonyl (C=O) groups is 1. The first kappa shape index (κ1) is 22.1. The maximum absolute atomic E-state index is 14.8. The molecule has 0 radical (unpaired) electrons. The van der Waals surface area contributed by atoms with E-state index in [-0.39, 0.29) is 22.6 Å². The Labute approximate surface area is 191 Å². The molecule has 12 heteroatoms. The number of hydrogen-bond acceptors (Lipinski definition) is 5. The molecule has 0 aliphatic carbocycles. The number of thiophene rings is 1. The van der Waals surface area contributed by atoms with E-state index in [1.807, 2.05) is 0 Å². The van der Waals surface area contributed by atoms with Crippen LogP contribution < -0.4 is 15.6 Å². The highest BCUT2D eigenvalue weighted by molar-refractivity contribution is 7.86. The van der Waals surface area contributed by atoms with Gasteiger partial charge in [-0.1, -0.05) is 11.6 Å². The Morgan fingerprint density at radius 3 is 2.62 bits per heavy atom. The molecule has 1 unspecified atom stereocenters. The first-order valence-electron chi connectivity index (χ1n) is 8.96. The highest BCUT2D eigenvalue weighted by Crippen LogP contribution is 2.24. The number of anilines is 1. The van der Waals surface area contributed by atoms with Gasteiger partial charge in [0.1, 0.15) is 21.7 Å². The predicted octanol–water partition coefficient (Wildman–Crippen LogP) is 4.53. The van der Waals surface area contributed by atoms with Crippen molar-refractivity contribution < 1.29 is 17.8 Å². The second kappa shape index (κ2) is 8.77. The molecule has 164 valence electrons. The van der Waals surface area contributed by atoms with E-state index < -0.39 is 34.2 Å².